The minimum Gasteiger partial charge on any atom is -0.506 e. The number of phenols is 2. The minimum absolute atomic E-state index is 0.103. The molecule has 0 atom stereocenters. The van der Waals surface area contributed by atoms with E-state index >= 15 is 0 Å². The highest BCUT2D eigenvalue weighted by Gasteiger charge is 2.35. The van der Waals surface area contributed by atoms with Gasteiger partial charge >= 0.3 is 0 Å². The van der Waals surface area contributed by atoms with E-state index in [0.29, 0.717) is 64.6 Å². The lowest BCUT2D eigenvalue weighted by molar-refractivity contribution is 0.0566. The highest BCUT2D eigenvalue weighted by atomic mass is 16.5. The van der Waals surface area contributed by atoms with Gasteiger partial charge in [-0.3, -0.25) is 9.98 Å². The molecular weight excluding hydrogens is 346 g/mol. The van der Waals surface area contributed by atoms with Crippen molar-refractivity contribution >= 4 is 38.6 Å². The number of nitrogens with two attached hydrogens (primary N) is 3. The van der Waals surface area contributed by atoms with Crippen LogP contribution in [0.15, 0.2) is 28.2 Å². The fourth-order valence-electron chi connectivity index (χ4n) is 4.14. The normalized spacial score (nSPS) is 17.8. The molecule has 0 unspecified atom stereocenters. The lowest BCUT2D eigenvalue weighted by Crippen LogP contribution is -2.31. The Bertz CT molecular complexity index is 1260. The summed E-state index contributed by atoms with van der Waals surface area (Å²) in [5, 5.41) is 24.3. The van der Waals surface area contributed by atoms with Crippen LogP contribution in [0.3, 0.4) is 0 Å². The summed E-state index contributed by atoms with van der Waals surface area (Å²) in [7, 11) is 0. The number of benzene rings is 3. The van der Waals surface area contributed by atoms with E-state index in [0.717, 1.165) is 0 Å². The van der Waals surface area contributed by atoms with Crippen molar-refractivity contribution in [2.24, 2.45) is 9.98 Å². The van der Waals surface area contributed by atoms with E-state index in [-0.39, 0.29) is 22.3 Å². The van der Waals surface area contributed by atoms with Crippen LogP contribution in [0.2, 0.25) is 0 Å². The second-order valence-corrected chi connectivity index (χ2v) is 7.09. The zero-order valence-corrected chi connectivity index (χ0v) is 14.5. The Morgan fingerprint density at radius 2 is 1.37 bits per heavy atom. The van der Waals surface area contributed by atoms with Gasteiger partial charge in [0.2, 0.25) is 0 Å². The van der Waals surface area contributed by atoms with Gasteiger partial charge in [-0.2, -0.15) is 0 Å². The minimum atomic E-state index is -0.612. The van der Waals surface area contributed by atoms with Gasteiger partial charge in [-0.15, -0.1) is 0 Å². The smallest absolute Gasteiger partial charge is 0.156 e. The second-order valence-electron chi connectivity index (χ2n) is 7.09. The standard InChI is InChI=1S/C19H19N5O3/c20-8-1-2-9(21)13-12(8)17(25)14-10(22)7-11-16(15(14)18(13)26)24-19(23-11)3-5-27-6-4-19/h1-2,7,25-26H,3-6,20-22H2. The molecule has 0 saturated carbocycles. The zero-order chi connectivity index (χ0) is 18.9. The van der Waals surface area contributed by atoms with E-state index in [1.54, 1.807) is 18.2 Å². The maximum absolute atomic E-state index is 11.1. The van der Waals surface area contributed by atoms with E-state index in [9.17, 15) is 10.2 Å². The number of rotatable bonds is 0. The van der Waals surface area contributed by atoms with Crippen LogP contribution in [0, 0.1) is 0 Å². The molecule has 5 rings (SSSR count). The topological polar surface area (TPSA) is 152 Å². The van der Waals surface area contributed by atoms with E-state index in [4.69, 9.17) is 31.9 Å². The second kappa shape index (κ2) is 5.14. The molecule has 0 aliphatic carbocycles. The predicted molar refractivity (Wildman–Crippen MR) is 103 cm³/mol. The van der Waals surface area contributed by atoms with E-state index in [1.807, 2.05) is 0 Å². The Labute approximate surface area is 153 Å². The van der Waals surface area contributed by atoms with Gasteiger partial charge < -0.3 is 32.2 Å². The molecule has 3 aromatic carbocycles. The molecule has 1 fully saturated rings. The van der Waals surface area contributed by atoms with Crippen LogP contribution >= 0.6 is 0 Å². The predicted octanol–water partition coefficient (Wildman–Crippen LogP) is 0.910. The lowest BCUT2D eigenvalue weighted by atomic mass is 9.96. The average Bonchev–Trinajstić information content (AvgIpc) is 2.98. The lowest BCUT2D eigenvalue weighted by Gasteiger charge is -2.27. The molecule has 0 aromatic heterocycles. The molecule has 1 saturated heterocycles. The van der Waals surface area contributed by atoms with Crippen LogP contribution in [0.5, 0.6) is 11.5 Å². The number of anilines is 3. The fraction of sp³-hybridized carbons (Fsp3) is 0.263. The largest absolute Gasteiger partial charge is 0.506 e. The number of phenolic OH excluding ortho intramolecular Hbond substituents is 2. The molecule has 0 radical (unpaired) electrons. The van der Waals surface area contributed by atoms with Crippen molar-refractivity contribution < 1.29 is 14.9 Å². The maximum Gasteiger partial charge on any atom is 0.156 e. The molecule has 2 aliphatic heterocycles. The molecule has 8 N–H and O–H groups in total. The Balaban J connectivity index is 2.01. The van der Waals surface area contributed by atoms with Crippen LogP contribution in [-0.4, -0.2) is 29.1 Å². The number of hydrogen-bond donors (Lipinski definition) is 5. The van der Waals surface area contributed by atoms with Crippen molar-refractivity contribution in [3.63, 3.8) is 0 Å². The maximum atomic E-state index is 11.1. The molecule has 8 heteroatoms. The first-order valence-electron chi connectivity index (χ1n) is 8.73. The highest BCUT2D eigenvalue weighted by Crippen LogP contribution is 2.46. The molecule has 2 heterocycles. The summed E-state index contributed by atoms with van der Waals surface area (Å²) in [5.74, 6) is -0.222. The van der Waals surface area contributed by atoms with Crippen LogP contribution in [0.1, 0.15) is 12.8 Å². The number of ether oxygens (including phenoxy) is 1. The Morgan fingerprint density at radius 3 is 2.00 bits per heavy atom. The molecule has 0 bridgehead atoms. The van der Waals surface area contributed by atoms with Crippen LogP contribution in [0.4, 0.5) is 17.1 Å². The van der Waals surface area contributed by atoms with Crippen LogP contribution in [-0.2, 0) is 4.74 Å². The summed E-state index contributed by atoms with van der Waals surface area (Å²) in [5.41, 5.74) is 18.6. The van der Waals surface area contributed by atoms with Gasteiger partial charge in [-0.1, -0.05) is 0 Å². The number of fused-ring (bicyclic) bond motifs is 4. The van der Waals surface area contributed by atoms with Gasteiger partial charge in [-0.05, 0) is 18.2 Å². The molecule has 3 aromatic rings. The van der Waals surface area contributed by atoms with E-state index in [2.05, 4.69) is 0 Å². The number of nitrogen functional groups attached to an aromatic ring is 3. The highest BCUT2D eigenvalue weighted by molar-refractivity contribution is 6.20. The van der Waals surface area contributed by atoms with Crippen molar-refractivity contribution in [3.05, 3.63) is 28.9 Å². The van der Waals surface area contributed by atoms with Crippen molar-refractivity contribution in [3.8, 4) is 11.5 Å². The quantitative estimate of drug-likeness (QED) is 0.227. The fourth-order valence-corrected chi connectivity index (χ4v) is 4.14. The molecule has 1 spiro atoms. The van der Waals surface area contributed by atoms with Crippen molar-refractivity contribution in [1.82, 2.24) is 0 Å². The average molecular weight is 365 g/mol. The SMILES string of the molecule is Nc1ccc(N)c2c(O)c3c4c(cc(N)c3c(O)c12)=NC1(CCOCC1)N=4. The Hall–Kier alpha value is -3.26. The molecular formula is C19H19N5O3. The summed E-state index contributed by atoms with van der Waals surface area (Å²) in [4.78, 5) is 9.60. The van der Waals surface area contributed by atoms with Gasteiger partial charge in [0.05, 0.1) is 45.5 Å². The van der Waals surface area contributed by atoms with Crippen LogP contribution < -0.4 is 27.9 Å². The third-order valence-electron chi connectivity index (χ3n) is 5.47. The van der Waals surface area contributed by atoms with Crippen LogP contribution in [0.25, 0.3) is 21.5 Å². The summed E-state index contributed by atoms with van der Waals surface area (Å²) in [6.45, 7) is 1.14. The summed E-state index contributed by atoms with van der Waals surface area (Å²) in [6.07, 6.45) is 1.30. The first-order chi connectivity index (χ1) is 12.9. The number of nitrogens with zero attached hydrogens (tertiary/aromatic N) is 2. The Kier molecular flexibility index (Phi) is 3.04. The van der Waals surface area contributed by atoms with Gasteiger partial charge in [0, 0.05) is 29.9 Å². The first kappa shape index (κ1) is 16.0. The van der Waals surface area contributed by atoms with Crippen molar-refractivity contribution in [1.29, 1.82) is 0 Å². The summed E-state index contributed by atoms with van der Waals surface area (Å²) < 4.78 is 5.43. The summed E-state index contributed by atoms with van der Waals surface area (Å²) in [6, 6.07) is 4.86. The number of aromatic hydroxyl groups is 2. The van der Waals surface area contributed by atoms with Gasteiger partial charge in [0.15, 0.2) is 5.66 Å². The van der Waals surface area contributed by atoms with Gasteiger partial charge in [-0.25, -0.2) is 0 Å². The molecule has 2 aliphatic rings. The zero-order valence-electron chi connectivity index (χ0n) is 14.5. The number of hydrogen-bond acceptors (Lipinski definition) is 8. The van der Waals surface area contributed by atoms with E-state index in [1.165, 1.54) is 0 Å². The van der Waals surface area contributed by atoms with Gasteiger partial charge in [0.25, 0.3) is 0 Å². The monoisotopic (exact) mass is 365 g/mol. The van der Waals surface area contributed by atoms with Crippen molar-refractivity contribution in [2.45, 2.75) is 18.5 Å². The van der Waals surface area contributed by atoms with E-state index < -0.39 is 5.66 Å². The molecule has 8 nitrogen and oxygen atoms in total. The van der Waals surface area contributed by atoms with Crippen molar-refractivity contribution in [2.75, 3.05) is 30.4 Å². The molecule has 138 valence electrons. The molecule has 0 amide bonds. The van der Waals surface area contributed by atoms with Gasteiger partial charge in [0.1, 0.15) is 11.5 Å². The molecule has 27 heavy (non-hydrogen) atoms. The first-order valence-corrected chi connectivity index (χ1v) is 8.73. The summed E-state index contributed by atoms with van der Waals surface area (Å²) >= 11 is 0. The third-order valence-corrected chi connectivity index (χ3v) is 5.47. The third kappa shape index (κ3) is 2.01. The Morgan fingerprint density at radius 1 is 0.815 bits per heavy atom.